The lowest BCUT2D eigenvalue weighted by atomic mass is 10.1. The van der Waals surface area contributed by atoms with Crippen LogP contribution in [0.5, 0.6) is 5.75 Å². The SMILES string of the molecule is COc1cccc([C@@H](C)NCC2CC2c2cccc(F)c2)c1. The van der Waals surface area contributed by atoms with Crippen LogP contribution < -0.4 is 10.1 Å². The summed E-state index contributed by atoms with van der Waals surface area (Å²) >= 11 is 0. The maximum absolute atomic E-state index is 13.3. The van der Waals surface area contributed by atoms with Gasteiger partial charge in [-0.2, -0.15) is 0 Å². The van der Waals surface area contributed by atoms with Gasteiger partial charge in [-0.3, -0.25) is 0 Å². The highest BCUT2D eigenvalue weighted by Gasteiger charge is 2.38. The smallest absolute Gasteiger partial charge is 0.123 e. The van der Waals surface area contributed by atoms with Crippen molar-refractivity contribution in [1.29, 1.82) is 0 Å². The van der Waals surface area contributed by atoms with Gasteiger partial charge in [0.2, 0.25) is 0 Å². The Bertz CT molecular complexity index is 643. The van der Waals surface area contributed by atoms with Gasteiger partial charge in [0.25, 0.3) is 0 Å². The van der Waals surface area contributed by atoms with Gasteiger partial charge < -0.3 is 10.1 Å². The molecule has 2 aromatic rings. The van der Waals surface area contributed by atoms with Gasteiger partial charge in [-0.1, -0.05) is 24.3 Å². The molecule has 2 nitrogen and oxygen atoms in total. The van der Waals surface area contributed by atoms with E-state index in [1.807, 2.05) is 18.2 Å². The molecule has 2 aromatic carbocycles. The van der Waals surface area contributed by atoms with Crippen LogP contribution >= 0.6 is 0 Å². The van der Waals surface area contributed by atoms with Crippen LogP contribution in [0.2, 0.25) is 0 Å². The molecule has 2 unspecified atom stereocenters. The van der Waals surface area contributed by atoms with E-state index >= 15 is 0 Å². The van der Waals surface area contributed by atoms with Crippen molar-refractivity contribution in [1.82, 2.24) is 5.32 Å². The van der Waals surface area contributed by atoms with Crippen molar-refractivity contribution in [2.75, 3.05) is 13.7 Å². The largest absolute Gasteiger partial charge is 0.497 e. The Kier molecular flexibility index (Phi) is 4.44. The Morgan fingerprint density at radius 1 is 1.23 bits per heavy atom. The minimum absolute atomic E-state index is 0.138. The number of halogens is 1. The zero-order valence-electron chi connectivity index (χ0n) is 13.1. The first-order valence-electron chi connectivity index (χ1n) is 7.80. The summed E-state index contributed by atoms with van der Waals surface area (Å²) in [4.78, 5) is 0. The zero-order chi connectivity index (χ0) is 15.5. The summed E-state index contributed by atoms with van der Waals surface area (Å²) in [6.45, 7) is 3.12. The van der Waals surface area contributed by atoms with Crippen LogP contribution in [0.1, 0.15) is 36.4 Å². The molecule has 1 N–H and O–H groups in total. The lowest BCUT2D eigenvalue weighted by molar-refractivity contribution is 0.413. The molecule has 3 rings (SSSR count). The highest BCUT2D eigenvalue weighted by Crippen LogP contribution is 2.47. The average Bonchev–Trinajstić information content (AvgIpc) is 3.32. The standard InChI is InChI=1S/C19H22FNO/c1-13(14-5-4-8-18(10-14)22-2)21-12-16-11-19(16)15-6-3-7-17(20)9-15/h3-10,13,16,19,21H,11-12H2,1-2H3/t13-,16?,19?/m1/s1. The molecule has 0 aromatic heterocycles. The van der Waals surface area contributed by atoms with Crippen LogP contribution in [0.25, 0.3) is 0 Å². The number of benzene rings is 2. The van der Waals surface area contributed by atoms with Crippen molar-refractivity contribution < 1.29 is 9.13 Å². The zero-order valence-corrected chi connectivity index (χ0v) is 13.1. The van der Waals surface area contributed by atoms with E-state index in [2.05, 4.69) is 24.4 Å². The van der Waals surface area contributed by atoms with Crippen molar-refractivity contribution in [3.05, 3.63) is 65.5 Å². The second kappa shape index (κ2) is 6.49. The van der Waals surface area contributed by atoms with Crippen LogP contribution in [0.15, 0.2) is 48.5 Å². The second-order valence-corrected chi connectivity index (χ2v) is 6.06. The van der Waals surface area contributed by atoms with Crippen molar-refractivity contribution in [2.45, 2.75) is 25.3 Å². The number of methoxy groups -OCH3 is 1. The van der Waals surface area contributed by atoms with Crippen LogP contribution in [-0.2, 0) is 0 Å². The molecule has 1 aliphatic rings. The van der Waals surface area contributed by atoms with Gasteiger partial charge in [-0.25, -0.2) is 4.39 Å². The van der Waals surface area contributed by atoms with Gasteiger partial charge in [-0.05, 0) is 67.1 Å². The molecule has 1 fully saturated rings. The molecule has 3 heteroatoms. The molecular formula is C19H22FNO. The van der Waals surface area contributed by atoms with Gasteiger partial charge in [0, 0.05) is 6.04 Å². The first-order valence-corrected chi connectivity index (χ1v) is 7.80. The Labute approximate surface area is 131 Å². The molecule has 0 heterocycles. The van der Waals surface area contributed by atoms with Crippen molar-refractivity contribution in [3.8, 4) is 5.75 Å². The monoisotopic (exact) mass is 299 g/mol. The maximum Gasteiger partial charge on any atom is 0.123 e. The quantitative estimate of drug-likeness (QED) is 0.859. The normalized spacial score (nSPS) is 21.4. The number of nitrogens with one attached hydrogen (secondary N) is 1. The topological polar surface area (TPSA) is 21.3 Å². The summed E-state index contributed by atoms with van der Waals surface area (Å²) in [7, 11) is 1.69. The lowest BCUT2D eigenvalue weighted by Gasteiger charge is -2.15. The third kappa shape index (κ3) is 3.47. The van der Waals surface area contributed by atoms with E-state index in [1.165, 1.54) is 11.6 Å². The van der Waals surface area contributed by atoms with Crippen LogP contribution in [0, 0.1) is 11.7 Å². The first kappa shape index (κ1) is 15.0. The summed E-state index contributed by atoms with van der Waals surface area (Å²) in [5.74, 6) is 1.85. The summed E-state index contributed by atoms with van der Waals surface area (Å²) in [6, 6.07) is 15.4. The van der Waals surface area contributed by atoms with Gasteiger partial charge in [0.05, 0.1) is 7.11 Å². The van der Waals surface area contributed by atoms with E-state index in [1.54, 1.807) is 19.2 Å². The third-order valence-electron chi connectivity index (χ3n) is 4.48. The van der Waals surface area contributed by atoms with Gasteiger partial charge in [0.15, 0.2) is 0 Å². The van der Waals surface area contributed by atoms with Crippen molar-refractivity contribution in [3.63, 3.8) is 0 Å². The molecule has 0 bridgehead atoms. The fourth-order valence-corrected chi connectivity index (χ4v) is 2.98. The van der Waals surface area contributed by atoms with Crippen LogP contribution in [0.4, 0.5) is 4.39 Å². The molecule has 0 spiro atoms. The molecule has 22 heavy (non-hydrogen) atoms. The molecule has 0 amide bonds. The van der Waals surface area contributed by atoms with E-state index in [9.17, 15) is 4.39 Å². The summed E-state index contributed by atoms with van der Waals surface area (Å²) in [5.41, 5.74) is 2.35. The minimum Gasteiger partial charge on any atom is -0.497 e. The summed E-state index contributed by atoms with van der Waals surface area (Å²) in [6.07, 6.45) is 1.14. The Hall–Kier alpha value is -1.87. The fourth-order valence-electron chi connectivity index (χ4n) is 2.98. The average molecular weight is 299 g/mol. The summed E-state index contributed by atoms with van der Waals surface area (Å²) in [5, 5.41) is 3.58. The minimum atomic E-state index is -0.138. The van der Waals surface area contributed by atoms with E-state index in [4.69, 9.17) is 4.74 Å². The first-order chi connectivity index (χ1) is 10.7. The number of rotatable bonds is 6. The predicted octanol–water partition coefficient (Wildman–Crippen LogP) is 4.29. The molecule has 1 saturated carbocycles. The van der Waals surface area contributed by atoms with E-state index in [0.29, 0.717) is 11.8 Å². The Morgan fingerprint density at radius 2 is 2.05 bits per heavy atom. The molecule has 1 aliphatic carbocycles. The van der Waals surface area contributed by atoms with Crippen LogP contribution in [-0.4, -0.2) is 13.7 Å². The summed E-state index contributed by atoms with van der Waals surface area (Å²) < 4.78 is 18.5. The van der Waals surface area contributed by atoms with Gasteiger partial charge in [0.1, 0.15) is 11.6 Å². The van der Waals surface area contributed by atoms with E-state index < -0.39 is 0 Å². The molecule has 0 saturated heterocycles. The molecule has 3 atom stereocenters. The van der Waals surface area contributed by atoms with Gasteiger partial charge >= 0.3 is 0 Å². The highest BCUT2D eigenvalue weighted by molar-refractivity contribution is 5.30. The number of hydrogen-bond donors (Lipinski definition) is 1. The van der Waals surface area contributed by atoms with Gasteiger partial charge in [-0.15, -0.1) is 0 Å². The molecule has 0 radical (unpaired) electrons. The Balaban J connectivity index is 1.53. The molecule has 0 aliphatic heterocycles. The number of ether oxygens (including phenoxy) is 1. The fraction of sp³-hybridized carbons (Fsp3) is 0.368. The number of hydrogen-bond acceptors (Lipinski definition) is 2. The highest BCUT2D eigenvalue weighted by atomic mass is 19.1. The van der Waals surface area contributed by atoms with Crippen molar-refractivity contribution >= 4 is 0 Å². The van der Waals surface area contributed by atoms with Crippen molar-refractivity contribution in [2.24, 2.45) is 5.92 Å². The molecule has 116 valence electrons. The Morgan fingerprint density at radius 3 is 2.82 bits per heavy atom. The van der Waals surface area contributed by atoms with E-state index in [0.717, 1.165) is 24.3 Å². The lowest BCUT2D eigenvalue weighted by Crippen LogP contribution is -2.21. The second-order valence-electron chi connectivity index (χ2n) is 6.06. The predicted molar refractivity (Wildman–Crippen MR) is 86.7 cm³/mol. The van der Waals surface area contributed by atoms with E-state index in [-0.39, 0.29) is 11.9 Å². The van der Waals surface area contributed by atoms with Crippen LogP contribution in [0.3, 0.4) is 0 Å². The third-order valence-corrected chi connectivity index (χ3v) is 4.48. The molecular weight excluding hydrogens is 277 g/mol. The maximum atomic E-state index is 13.3.